The Kier molecular flexibility index (Phi) is 9.45. The van der Waals surface area contributed by atoms with E-state index < -0.39 is 60.6 Å². The quantitative estimate of drug-likeness (QED) is 0.138. The Morgan fingerprint density at radius 1 is 0.875 bits per heavy atom. The van der Waals surface area contributed by atoms with Crippen LogP contribution in [-0.2, 0) is 14.3 Å². The molecule has 48 heavy (non-hydrogen) atoms. The Balaban J connectivity index is 1.39. The first-order valence-corrected chi connectivity index (χ1v) is 15.4. The number of hydrogen-bond donors (Lipinski definition) is 6. The number of nitrogens with zero attached hydrogens (tertiary/aromatic N) is 1. The molecule has 0 aromatic heterocycles. The number of β-lactam (4-membered cyclic amide) rings is 1. The highest BCUT2D eigenvalue weighted by atomic mass is 19.1. The summed E-state index contributed by atoms with van der Waals surface area (Å²) in [5.41, 5.74) is 2.69. The van der Waals surface area contributed by atoms with Crippen LogP contribution in [0.4, 0.5) is 10.1 Å². The number of aliphatic hydroxyl groups is 4. The molecular weight excluding hydrogens is 625 g/mol. The van der Waals surface area contributed by atoms with Crippen molar-refractivity contribution in [1.82, 2.24) is 0 Å². The first-order chi connectivity index (χ1) is 23.0. The molecular formula is C36H34FNO10. The average molecular weight is 660 g/mol. The van der Waals surface area contributed by atoms with Gasteiger partial charge in [0.15, 0.2) is 6.10 Å². The monoisotopic (exact) mass is 659 g/mol. The van der Waals surface area contributed by atoms with Gasteiger partial charge in [-0.2, -0.15) is 0 Å². The van der Waals surface area contributed by atoms with Gasteiger partial charge in [0, 0.05) is 11.3 Å². The lowest BCUT2D eigenvalue weighted by atomic mass is 9.77. The zero-order valence-corrected chi connectivity index (χ0v) is 25.4. The minimum Gasteiger partial charge on any atom is -0.508 e. The second-order valence-electron chi connectivity index (χ2n) is 11.9. The van der Waals surface area contributed by atoms with Crippen LogP contribution in [0.15, 0.2) is 97.1 Å². The molecule has 12 heteroatoms. The molecule has 2 fully saturated rings. The standard InChI is InChI=1S/C36H34FNO10/c37-22-12-9-19(10-13-22)27(40)16-15-26-29(38(34(26)44)23-6-2-1-3-7-23)25-14-11-21(20-5-4-8-24(39)17-20)18-28(25)47-36-32(43)30(41)31(42)33(48-36)35(45)46/h1-14,17-18,26-27,29-33,36,39-43H,15-16H2,(H,45,46)/t26-,27+,29-,30+,31+,32-,33+,36-/m1/s1. The molecule has 6 rings (SSSR count). The fraction of sp³-hybridized carbons (Fsp3) is 0.278. The summed E-state index contributed by atoms with van der Waals surface area (Å²) in [6.07, 6.45) is -9.88. The van der Waals surface area contributed by atoms with E-state index in [1.165, 1.54) is 36.4 Å². The molecule has 0 radical (unpaired) electrons. The van der Waals surface area contributed by atoms with Gasteiger partial charge in [-0.25, -0.2) is 9.18 Å². The molecule has 2 heterocycles. The van der Waals surface area contributed by atoms with Gasteiger partial charge in [-0.05, 0) is 72.0 Å². The van der Waals surface area contributed by atoms with Crippen molar-refractivity contribution in [3.05, 3.63) is 114 Å². The minimum atomic E-state index is -1.93. The Bertz CT molecular complexity index is 1770. The number of halogens is 1. The molecule has 4 aromatic carbocycles. The Morgan fingerprint density at radius 3 is 2.27 bits per heavy atom. The van der Waals surface area contributed by atoms with E-state index in [2.05, 4.69) is 0 Å². The van der Waals surface area contributed by atoms with Crippen LogP contribution >= 0.6 is 0 Å². The second kappa shape index (κ2) is 13.7. The van der Waals surface area contributed by atoms with Crippen molar-refractivity contribution in [2.24, 2.45) is 5.92 Å². The number of rotatable bonds is 10. The van der Waals surface area contributed by atoms with Gasteiger partial charge in [-0.15, -0.1) is 0 Å². The number of benzene rings is 4. The Morgan fingerprint density at radius 2 is 1.58 bits per heavy atom. The van der Waals surface area contributed by atoms with Gasteiger partial charge in [0.25, 0.3) is 0 Å². The first kappa shape index (κ1) is 33.1. The molecule has 6 N–H and O–H groups in total. The van der Waals surface area contributed by atoms with Gasteiger partial charge in [-0.1, -0.05) is 54.6 Å². The number of carboxylic acid groups (broad SMARTS) is 1. The van der Waals surface area contributed by atoms with Crippen molar-refractivity contribution in [3.8, 4) is 22.6 Å². The van der Waals surface area contributed by atoms with Crippen molar-refractivity contribution in [3.63, 3.8) is 0 Å². The summed E-state index contributed by atoms with van der Waals surface area (Å²) in [6, 6.07) is 25.1. The van der Waals surface area contributed by atoms with Crippen LogP contribution in [0.25, 0.3) is 11.1 Å². The molecule has 4 aromatic rings. The van der Waals surface area contributed by atoms with Crippen molar-refractivity contribution in [1.29, 1.82) is 0 Å². The number of hydrogen-bond acceptors (Lipinski definition) is 9. The molecule has 11 nitrogen and oxygen atoms in total. The lowest BCUT2D eigenvalue weighted by Crippen LogP contribution is -2.61. The zero-order valence-electron chi connectivity index (χ0n) is 25.4. The number of para-hydroxylation sites is 1. The molecule has 250 valence electrons. The largest absolute Gasteiger partial charge is 0.508 e. The van der Waals surface area contributed by atoms with E-state index in [1.807, 2.05) is 0 Å². The van der Waals surface area contributed by atoms with Gasteiger partial charge in [-0.3, -0.25) is 4.79 Å². The van der Waals surface area contributed by atoms with Crippen LogP contribution in [0, 0.1) is 11.7 Å². The summed E-state index contributed by atoms with van der Waals surface area (Å²) in [5, 5.41) is 62.0. The topological polar surface area (TPSA) is 177 Å². The Labute approximate surface area is 274 Å². The van der Waals surface area contributed by atoms with Gasteiger partial charge in [0.1, 0.15) is 35.6 Å². The molecule has 2 saturated heterocycles. The third kappa shape index (κ3) is 6.48. The maximum absolute atomic E-state index is 13.8. The van der Waals surface area contributed by atoms with Crippen LogP contribution in [0.1, 0.15) is 36.1 Å². The minimum absolute atomic E-state index is 0.00566. The number of aromatic hydroxyl groups is 1. The van der Waals surface area contributed by atoms with E-state index in [4.69, 9.17) is 9.47 Å². The third-order valence-corrected chi connectivity index (χ3v) is 8.82. The van der Waals surface area contributed by atoms with E-state index in [1.54, 1.807) is 65.6 Å². The van der Waals surface area contributed by atoms with E-state index in [-0.39, 0.29) is 30.2 Å². The van der Waals surface area contributed by atoms with Crippen LogP contribution in [0.3, 0.4) is 0 Å². The molecule has 0 bridgehead atoms. The van der Waals surface area contributed by atoms with Crippen LogP contribution in [0.5, 0.6) is 11.5 Å². The normalized spacial score (nSPS) is 26.1. The number of aliphatic carboxylic acids is 1. The van der Waals surface area contributed by atoms with Gasteiger partial charge < -0.3 is 45.0 Å². The van der Waals surface area contributed by atoms with Crippen LogP contribution in [0.2, 0.25) is 0 Å². The molecule has 0 spiro atoms. The van der Waals surface area contributed by atoms with E-state index >= 15 is 0 Å². The van der Waals surface area contributed by atoms with E-state index in [9.17, 15) is 44.6 Å². The summed E-state index contributed by atoms with van der Waals surface area (Å²) >= 11 is 0. The van der Waals surface area contributed by atoms with Gasteiger partial charge >= 0.3 is 5.97 Å². The smallest absolute Gasteiger partial charge is 0.335 e. The highest BCUT2D eigenvalue weighted by Gasteiger charge is 2.51. The van der Waals surface area contributed by atoms with Gasteiger partial charge in [0.2, 0.25) is 12.2 Å². The predicted octanol–water partition coefficient (Wildman–Crippen LogP) is 3.69. The molecule has 2 aliphatic rings. The number of carboxylic acids is 1. The summed E-state index contributed by atoms with van der Waals surface area (Å²) < 4.78 is 25.0. The van der Waals surface area contributed by atoms with E-state index in [0.29, 0.717) is 27.9 Å². The fourth-order valence-electron chi connectivity index (χ4n) is 6.27. The number of amides is 1. The maximum Gasteiger partial charge on any atom is 0.335 e. The second-order valence-corrected chi connectivity index (χ2v) is 11.9. The number of carbonyl (C=O) groups excluding carboxylic acids is 1. The van der Waals surface area contributed by atoms with Crippen molar-refractivity contribution in [2.75, 3.05) is 4.90 Å². The number of carbonyl (C=O) groups is 2. The molecule has 1 amide bonds. The SMILES string of the molecule is O=C(O)[C@H]1O[C@@H](Oc2cc(-c3cccc(O)c3)ccc2[C@@H]2[C@@H](CC[C@H](O)c3ccc(F)cc3)C(=O)N2c2ccccc2)[C@H](O)[C@@H](O)[C@@H]1O. The third-order valence-electron chi connectivity index (χ3n) is 8.82. The predicted molar refractivity (Wildman–Crippen MR) is 169 cm³/mol. The molecule has 8 atom stereocenters. The van der Waals surface area contributed by atoms with Crippen molar-refractivity contribution in [2.45, 2.75) is 55.7 Å². The highest BCUT2D eigenvalue weighted by Crippen LogP contribution is 2.49. The van der Waals surface area contributed by atoms with E-state index in [0.717, 1.165) is 0 Å². The number of aliphatic hydroxyl groups excluding tert-OH is 4. The van der Waals surface area contributed by atoms with Crippen LogP contribution < -0.4 is 9.64 Å². The number of phenolic OH excluding ortho intramolecular Hbond substituents is 1. The summed E-state index contributed by atoms with van der Waals surface area (Å²) in [7, 11) is 0. The molecule has 2 aliphatic heterocycles. The number of phenols is 1. The summed E-state index contributed by atoms with van der Waals surface area (Å²) in [6.45, 7) is 0. The van der Waals surface area contributed by atoms with Crippen LogP contribution in [-0.4, -0.2) is 73.2 Å². The van der Waals surface area contributed by atoms with Crippen molar-refractivity contribution >= 4 is 17.6 Å². The molecule has 0 unspecified atom stereocenters. The maximum atomic E-state index is 13.8. The molecule has 0 saturated carbocycles. The number of ether oxygens (including phenoxy) is 2. The summed E-state index contributed by atoms with van der Waals surface area (Å²) in [5.74, 6) is -2.81. The average Bonchev–Trinajstić information content (AvgIpc) is 3.08. The highest BCUT2D eigenvalue weighted by molar-refractivity contribution is 6.03. The fourth-order valence-corrected chi connectivity index (χ4v) is 6.27. The van der Waals surface area contributed by atoms with Crippen molar-refractivity contribution < 1.29 is 54.1 Å². The van der Waals surface area contributed by atoms with Gasteiger partial charge in [0.05, 0.1) is 18.1 Å². The Hall–Kier alpha value is -4.85. The lowest BCUT2D eigenvalue weighted by molar-refractivity contribution is -0.271. The number of anilines is 1. The lowest BCUT2D eigenvalue weighted by Gasteiger charge is -2.48. The zero-order chi connectivity index (χ0) is 34.1. The molecule has 0 aliphatic carbocycles. The first-order valence-electron chi connectivity index (χ1n) is 15.4. The summed E-state index contributed by atoms with van der Waals surface area (Å²) in [4.78, 5) is 27.1.